The maximum absolute atomic E-state index is 12.0. The first-order valence-corrected chi connectivity index (χ1v) is 12.8. The molecule has 0 bridgehead atoms. The van der Waals surface area contributed by atoms with Crippen LogP contribution >= 0.6 is 15.9 Å². The van der Waals surface area contributed by atoms with E-state index in [1.54, 1.807) is 0 Å². The van der Waals surface area contributed by atoms with Crippen molar-refractivity contribution in [2.24, 2.45) is 0 Å². The van der Waals surface area contributed by atoms with Gasteiger partial charge in [-0.3, -0.25) is 4.21 Å². The highest BCUT2D eigenvalue weighted by atomic mass is 79.9. The van der Waals surface area contributed by atoms with Gasteiger partial charge in [-0.15, -0.1) is 0 Å². The number of ether oxygens (including phenoxy) is 1. The number of fused-ring (bicyclic) bond motifs is 1. The zero-order valence-corrected chi connectivity index (χ0v) is 19.5. The van der Waals surface area contributed by atoms with Crippen LogP contribution in [0.5, 0.6) is 5.75 Å². The van der Waals surface area contributed by atoms with Crippen molar-refractivity contribution in [1.82, 2.24) is 5.32 Å². The molecule has 1 N–H and O–H groups in total. The Balaban J connectivity index is 1.48. The third-order valence-electron chi connectivity index (χ3n) is 4.86. The van der Waals surface area contributed by atoms with Gasteiger partial charge in [-0.1, -0.05) is 53.7 Å². The molecule has 0 spiro atoms. The number of unbranched alkanes of at least 4 members (excludes halogenated alkanes) is 6. The number of nitrogens with one attached hydrogen (secondary N) is 1. The van der Waals surface area contributed by atoms with Crippen molar-refractivity contribution in [3.8, 4) is 5.75 Å². The first kappa shape index (κ1) is 23.4. The molecule has 0 saturated heterocycles. The van der Waals surface area contributed by atoms with E-state index in [1.807, 2.05) is 13.1 Å². The minimum Gasteiger partial charge on any atom is -0.494 e. The molecular formula is C23H34BrNO2S. The molecule has 0 saturated carbocycles. The number of benzene rings is 2. The number of halogens is 1. The van der Waals surface area contributed by atoms with Crippen LogP contribution in [0.4, 0.5) is 0 Å². The molecule has 2 aromatic rings. The van der Waals surface area contributed by atoms with Gasteiger partial charge in [0.05, 0.1) is 6.61 Å². The Morgan fingerprint density at radius 2 is 1.50 bits per heavy atom. The average molecular weight is 469 g/mol. The normalized spacial score (nSPS) is 12.4. The minimum absolute atomic E-state index is 0.630. The molecule has 2 aromatic carbocycles. The molecule has 5 heteroatoms. The SMILES string of the molecule is CNCCCCCCS(=O)CCCCCCOc1ccc2cc(Br)ccc2c1. The largest absolute Gasteiger partial charge is 0.494 e. The molecule has 0 radical (unpaired) electrons. The lowest BCUT2D eigenvalue weighted by Crippen LogP contribution is -2.07. The summed E-state index contributed by atoms with van der Waals surface area (Å²) in [5.41, 5.74) is 0. The summed E-state index contributed by atoms with van der Waals surface area (Å²) >= 11 is 3.50. The highest BCUT2D eigenvalue weighted by molar-refractivity contribution is 9.10. The van der Waals surface area contributed by atoms with Crippen molar-refractivity contribution >= 4 is 37.5 Å². The number of hydrogen-bond acceptors (Lipinski definition) is 3. The molecule has 2 rings (SSSR count). The molecule has 1 atom stereocenters. The van der Waals surface area contributed by atoms with Crippen LogP contribution in [-0.4, -0.2) is 35.9 Å². The second-order valence-electron chi connectivity index (χ2n) is 7.28. The van der Waals surface area contributed by atoms with E-state index in [-0.39, 0.29) is 0 Å². The fourth-order valence-corrected chi connectivity index (χ4v) is 4.85. The standard InChI is InChI=1S/C23H34BrNO2S/c1-25-14-6-2-4-8-16-28(26)17-9-5-3-7-15-27-23-13-11-20-18-22(24)12-10-21(20)19-23/h10-13,18-19,25H,2-9,14-17H2,1H3. The fraction of sp³-hybridized carbons (Fsp3) is 0.565. The molecule has 1 unspecified atom stereocenters. The molecular weight excluding hydrogens is 434 g/mol. The van der Waals surface area contributed by atoms with Gasteiger partial charge in [0.2, 0.25) is 0 Å². The van der Waals surface area contributed by atoms with Crippen molar-refractivity contribution in [2.45, 2.75) is 51.4 Å². The Hall–Kier alpha value is -0.910. The van der Waals surface area contributed by atoms with Crippen LogP contribution in [0.15, 0.2) is 40.9 Å². The molecule has 0 amide bonds. The van der Waals surface area contributed by atoms with Crippen LogP contribution in [0, 0.1) is 0 Å². The molecule has 3 nitrogen and oxygen atoms in total. The topological polar surface area (TPSA) is 38.3 Å². The molecule has 156 valence electrons. The van der Waals surface area contributed by atoms with Gasteiger partial charge >= 0.3 is 0 Å². The van der Waals surface area contributed by atoms with E-state index < -0.39 is 10.8 Å². The van der Waals surface area contributed by atoms with Crippen LogP contribution in [0.3, 0.4) is 0 Å². The van der Waals surface area contributed by atoms with Crippen LogP contribution < -0.4 is 10.1 Å². The molecule has 28 heavy (non-hydrogen) atoms. The summed E-state index contributed by atoms with van der Waals surface area (Å²) in [6.07, 6.45) is 9.18. The summed E-state index contributed by atoms with van der Waals surface area (Å²) in [4.78, 5) is 0. The Morgan fingerprint density at radius 1 is 0.857 bits per heavy atom. The molecule has 0 fully saturated rings. The van der Waals surface area contributed by atoms with Gasteiger partial charge in [-0.25, -0.2) is 0 Å². The van der Waals surface area contributed by atoms with Crippen LogP contribution in [-0.2, 0) is 10.8 Å². The third kappa shape index (κ3) is 9.53. The number of rotatable bonds is 15. The lowest BCUT2D eigenvalue weighted by Gasteiger charge is -2.08. The first-order chi connectivity index (χ1) is 13.7. The van der Waals surface area contributed by atoms with Crippen LogP contribution in [0.25, 0.3) is 10.8 Å². The highest BCUT2D eigenvalue weighted by Gasteiger charge is 2.01. The average Bonchev–Trinajstić information content (AvgIpc) is 2.70. The zero-order valence-electron chi connectivity index (χ0n) is 17.1. The molecule has 0 aliphatic carbocycles. The zero-order chi connectivity index (χ0) is 20.0. The van der Waals surface area contributed by atoms with Gasteiger partial charge < -0.3 is 10.1 Å². The Bertz CT molecular complexity index is 723. The van der Waals surface area contributed by atoms with Crippen molar-refractivity contribution in [3.63, 3.8) is 0 Å². The Labute approximate surface area is 181 Å². The van der Waals surface area contributed by atoms with E-state index in [0.717, 1.165) is 67.0 Å². The van der Waals surface area contributed by atoms with Gasteiger partial charge in [0.15, 0.2) is 0 Å². The summed E-state index contributed by atoms with van der Waals surface area (Å²) < 4.78 is 19.0. The maximum atomic E-state index is 12.0. The van der Waals surface area contributed by atoms with Gasteiger partial charge in [0.25, 0.3) is 0 Å². The highest BCUT2D eigenvalue weighted by Crippen LogP contribution is 2.24. The summed E-state index contributed by atoms with van der Waals surface area (Å²) in [5.74, 6) is 2.67. The molecule has 0 aliphatic rings. The smallest absolute Gasteiger partial charge is 0.119 e. The second-order valence-corrected chi connectivity index (χ2v) is 9.89. The second kappa shape index (κ2) is 14.1. The minimum atomic E-state index is -0.630. The van der Waals surface area contributed by atoms with E-state index in [9.17, 15) is 4.21 Å². The van der Waals surface area contributed by atoms with Crippen LogP contribution in [0.2, 0.25) is 0 Å². The van der Waals surface area contributed by atoms with Crippen LogP contribution in [0.1, 0.15) is 51.4 Å². The van der Waals surface area contributed by atoms with E-state index in [1.165, 1.54) is 30.0 Å². The van der Waals surface area contributed by atoms with Crippen molar-refractivity contribution < 1.29 is 8.95 Å². The van der Waals surface area contributed by atoms with Crippen molar-refractivity contribution in [2.75, 3.05) is 31.7 Å². The molecule has 0 heterocycles. The first-order valence-electron chi connectivity index (χ1n) is 10.5. The Kier molecular flexibility index (Phi) is 11.8. The Morgan fingerprint density at radius 3 is 2.25 bits per heavy atom. The lowest BCUT2D eigenvalue weighted by molar-refractivity contribution is 0.305. The predicted molar refractivity (Wildman–Crippen MR) is 126 cm³/mol. The summed E-state index contributed by atoms with van der Waals surface area (Å²) in [7, 11) is 1.36. The monoisotopic (exact) mass is 467 g/mol. The lowest BCUT2D eigenvalue weighted by atomic mass is 10.1. The van der Waals surface area contributed by atoms with Gasteiger partial charge in [-0.2, -0.15) is 0 Å². The quantitative estimate of drug-likeness (QED) is 0.323. The van der Waals surface area contributed by atoms with Crippen molar-refractivity contribution in [3.05, 3.63) is 40.9 Å². The van der Waals surface area contributed by atoms with Gasteiger partial charge in [-0.05, 0) is 74.3 Å². The summed E-state index contributed by atoms with van der Waals surface area (Å²) in [6, 6.07) is 12.5. The van der Waals surface area contributed by atoms with E-state index >= 15 is 0 Å². The van der Waals surface area contributed by atoms with Gasteiger partial charge in [0, 0.05) is 26.8 Å². The molecule has 0 aliphatic heterocycles. The third-order valence-corrected chi connectivity index (χ3v) is 6.84. The molecule has 0 aromatic heterocycles. The fourth-order valence-electron chi connectivity index (χ4n) is 3.21. The number of hydrogen-bond donors (Lipinski definition) is 1. The summed E-state index contributed by atoms with van der Waals surface area (Å²) in [6.45, 7) is 1.84. The van der Waals surface area contributed by atoms with E-state index in [4.69, 9.17) is 4.74 Å². The van der Waals surface area contributed by atoms with Gasteiger partial charge in [0.1, 0.15) is 5.75 Å². The maximum Gasteiger partial charge on any atom is 0.119 e. The van der Waals surface area contributed by atoms with E-state index in [0.29, 0.717) is 0 Å². The summed E-state index contributed by atoms with van der Waals surface area (Å²) in [5, 5.41) is 5.58. The predicted octanol–water partition coefficient (Wildman–Crippen LogP) is 6.07. The van der Waals surface area contributed by atoms with Crippen molar-refractivity contribution in [1.29, 1.82) is 0 Å². The van der Waals surface area contributed by atoms with E-state index in [2.05, 4.69) is 51.6 Å².